The molecule has 6 heteroatoms. The van der Waals surface area contributed by atoms with E-state index in [0.29, 0.717) is 17.3 Å². The molecular weight excluding hydrogens is 448 g/mol. The van der Waals surface area contributed by atoms with E-state index in [1.807, 2.05) is 36.4 Å². The maximum atomic E-state index is 13.3. The highest BCUT2D eigenvalue weighted by Crippen LogP contribution is 2.25. The van der Waals surface area contributed by atoms with E-state index in [-0.39, 0.29) is 23.9 Å². The van der Waals surface area contributed by atoms with Crippen LogP contribution in [-0.4, -0.2) is 24.4 Å². The molecule has 6 nitrogen and oxygen atoms in total. The Morgan fingerprint density at radius 1 is 0.889 bits per heavy atom. The van der Waals surface area contributed by atoms with Crippen molar-refractivity contribution in [3.05, 3.63) is 65.7 Å². The Morgan fingerprint density at radius 2 is 1.56 bits per heavy atom. The van der Waals surface area contributed by atoms with Crippen LogP contribution in [0.3, 0.4) is 0 Å². The first-order valence-corrected chi connectivity index (χ1v) is 13.6. The molecule has 2 fully saturated rings. The Bertz CT molecular complexity index is 1020. The molecule has 0 heterocycles. The lowest BCUT2D eigenvalue weighted by Gasteiger charge is -2.28. The van der Waals surface area contributed by atoms with Gasteiger partial charge in [0.2, 0.25) is 11.8 Å². The quantitative estimate of drug-likeness (QED) is 0.274. The number of nitrogens with one attached hydrogen (secondary N) is 3. The van der Waals surface area contributed by atoms with Gasteiger partial charge < -0.3 is 21.7 Å². The number of hydrogen-bond acceptors (Lipinski definition) is 4. The van der Waals surface area contributed by atoms with Crippen LogP contribution in [0.2, 0.25) is 0 Å². The number of anilines is 2. The fourth-order valence-electron chi connectivity index (χ4n) is 5.33. The lowest BCUT2D eigenvalue weighted by molar-refractivity contribution is -0.124. The van der Waals surface area contributed by atoms with E-state index < -0.39 is 0 Å². The maximum absolute atomic E-state index is 13.3. The third kappa shape index (κ3) is 7.69. The summed E-state index contributed by atoms with van der Waals surface area (Å²) in [5.41, 5.74) is 8.88. The smallest absolute Gasteiger partial charge is 0.248 e. The second kappa shape index (κ2) is 13.3. The molecule has 1 atom stereocenters. The summed E-state index contributed by atoms with van der Waals surface area (Å²) < 4.78 is 0. The predicted octanol–water partition coefficient (Wildman–Crippen LogP) is 5.58. The molecule has 2 aliphatic rings. The molecule has 0 radical (unpaired) electrons. The summed E-state index contributed by atoms with van der Waals surface area (Å²) in [5.74, 6) is 0.472. The largest absolute Gasteiger partial charge is 0.397 e. The van der Waals surface area contributed by atoms with Gasteiger partial charge in [-0.1, -0.05) is 74.9 Å². The summed E-state index contributed by atoms with van der Waals surface area (Å²) in [4.78, 5) is 25.6. The van der Waals surface area contributed by atoms with E-state index in [9.17, 15) is 9.59 Å². The molecule has 4 rings (SSSR count). The third-order valence-electron chi connectivity index (χ3n) is 7.46. The molecule has 0 spiro atoms. The van der Waals surface area contributed by atoms with Crippen LogP contribution < -0.4 is 21.7 Å². The number of carbonyl (C=O) groups is 2. The van der Waals surface area contributed by atoms with Gasteiger partial charge in [0.25, 0.3) is 0 Å². The van der Waals surface area contributed by atoms with Crippen molar-refractivity contribution in [2.45, 2.75) is 76.3 Å². The van der Waals surface area contributed by atoms with Gasteiger partial charge >= 0.3 is 0 Å². The van der Waals surface area contributed by atoms with Gasteiger partial charge in [-0.25, -0.2) is 0 Å². The topological polar surface area (TPSA) is 96.2 Å². The molecule has 192 valence electrons. The number of rotatable bonds is 9. The van der Waals surface area contributed by atoms with Crippen LogP contribution in [0.1, 0.15) is 81.4 Å². The second-order valence-electron chi connectivity index (χ2n) is 10.3. The Morgan fingerprint density at radius 3 is 2.25 bits per heavy atom. The molecule has 0 saturated heterocycles. The number of hydrogen-bond donors (Lipinski definition) is 4. The van der Waals surface area contributed by atoms with E-state index in [0.717, 1.165) is 30.5 Å². The average Bonchev–Trinajstić information content (AvgIpc) is 2.91. The van der Waals surface area contributed by atoms with Crippen molar-refractivity contribution in [2.24, 2.45) is 5.92 Å². The normalized spacial score (nSPS) is 18.1. The minimum Gasteiger partial charge on any atom is -0.397 e. The Labute approximate surface area is 215 Å². The zero-order chi connectivity index (χ0) is 25.2. The summed E-state index contributed by atoms with van der Waals surface area (Å²) in [6.07, 6.45) is 15.4. The van der Waals surface area contributed by atoms with E-state index in [1.54, 1.807) is 18.2 Å². The van der Waals surface area contributed by atoms with Crippen molar-refractivity contribution in [3.8, 4) is 0 Å². The van der Waals surface area contributed by atoms with Crippen molar-refractivity contribution < 1.29 is 9.59 Å². The highest BCUT2D eigenvalue weighted by molar-refractivity contribution is 6.03. The zero-order valence-corrected chi connectivity index (χ0v) is 21.2. The number of nitrogens with two attached hydrogens (primary N) is 1. The van der Waals surface area contributed by atoms with Gasteiger partial charge in [-0.15, -0.1) is 0 Å². The molecule has 2 saturated carbocycles. The molecular formula is C30H40N4O2. The molecule has 2 aliphatic carbocycles. The number of amides is 2. The van der Waals surface area contributed by atoms with Crippen LogP contribution >= 0.6 is 0 Å². The average molecular weight is 489 g/mol. The van der Waals surface area contributed by atoms with Crippen LogP contribution in [0.4, 0.5) is 11.4 Å². The summed E-state index contributed by atoms with van der Waals surface area (Å²) in [6.45, 7) is 0.868. The van der Waals surface area contributed by atoms with Crippen LogP contribution in [0.5, 0.6) is 0 Å². The van der Waals surface area contributed by atoms with Crippen LogP contribution in [-0.2, 0) is 9.59 Å². The highest BCUT2D eigenvalue weighted by atomic mass is 16.2. The SMILES string of the molecule is Nc1ccccc1NC(=O)C=Cc1ccc(C(NCC2CCCCC2)C(=O)NC2CCCCC2)cc1. The monoisotopic (exact) mass is 488 g/mol. The van der Waals surface area contributed by atoms with Gasteiger partial charge in [-0.2, -0.15) is 0 Å². The second-order valence-corrected chi connectivity index (χ2v) is 10.3. The molecule has 2 amide bonds. The molecule has 36 heavy (non-hydrogen) atoms. The first-order chi connectivity index (χ1) is 17.6. The van der Waals surface area contributed by atoms with Crippen molar-refractivity contribution in [2.75, 3.05) is 17.6 Å². The van der Waals surface area contributed by atoms with Crippen LogP contribution in [0, 0.1) is 5.92 Å². The zero-order valence-electron chi connectivity index (χ0n) is 21.2. The summed E-state index contributed by atoms with van der Waals surface area (Å²) in [5, 5.41) is 9.70. The van der Waals surface area contributed by atoms with E-state index >= 15 is 0 Å². The molecule has 0 bridgehead atoms. The number of nitrogen functional groups attached to an aromatic ring is 1. The van der Waals surface area contributed by atoms with Gasteiger partial charge in [0.15, 0.2) is 0 Å². The van der Waals surface area contributed by atoms with Crippen molar-refractivity contribution in [3.63, 3.8) is 0 Å². The van der Waals surface area contributed by atoms with Gasteiger partial charge in [0.1, 0.15) is 6.04 Å². The lowest BCUT2D eigenvalue weighted by atomic mass is 9.89. The van der Waals surface area contributed by atoms with Gasteiger partial charge in [0, 0.05) is 12.1 Å². The Kier molecular flexibility index (Phi) is 9.56. The molecule has 0 aromatic heterocycles. The fourth-order valence-corrected chi connectivity index (χ4v) is 5.33. The Balaban J connectivity index is 1.40. The van der Waals surface area contributed by atoms with Crippen molar-refractivity contribution in [1.82, 2.24) is 10.6 Å². The summed E-state index contributed by atoms with van der Waals surface area (Å²) >= 11 is 0. The van der Waals surface area contributed by atoms with Gasteiger partial charge in [-0.05, 0) is 67.5 Å². The number of carbonyl (C=O) groups excluding carboxylic acids is 2. The maximum Gasteiger partial charge on any atom is 0.248 e. The van der Waals surface area contributed by atoms with E-state index in [1.165, 1.54) is 57.4 Å². The number of benzene rings is 2. The summed E-state index contributed by atoms with van der Waals surface area (Å²) in [7, 11) is 0. The molecule has 5 N–H and O–H groups in total. The minimum absolute atomic E-state index is 0.0702. The number of para-hydroxylation sites is 2. The summed E-state index contributed by atoms with van der Waals surface area (Å²) in [6, 6.07) is 15.0. The third-order valence-corrected chi connectivity index (χ3v) is 7.46. The molecule has 2 aromatic rings. The minimum atomic E-state index is -0.365. The molecule has 2 aromatic carbocycles. The van der Waals surface area contributed by atoms with Crippen molar-refractivity contribution in [1.29, 1.82) is 0 Å². The highest BCUT2D eigenvalue weighted by Gasteiger charge is 2.25. The molecule has 0 aliphatic heterocycles. The van der Waals surface area contributed by atoms with E-state index in [2.05, 4.69) is 16.0 Å². The fraction of sp³-hybridized carbons (Fsp3) is 0.467. The van der Waals surface area contributed by atoms with Crippen LogP contribution in [0.25, 0.3) is 6.08 Å². The van der Waals surface area contributed by atoms with Crippen molar-refractivity contribution >= 4 is 29.3 Å². The first-order valence-electron chi connectivity index (χ1n) is 13.6. The van der Waals surface area contributed by atoms with E-state index in [4.69, 9.17) is 5.73 Å². The lowest BCUT2D eigenvalue weighted by Crippen LogP contribution is -2.44. The standard InChI is InChI=1S/C30H40N4O2/c31-26-13-7-8-14-27(26)34-28(35)20-17-22-15-18-24(19-16-22)29(32-21-23-9-3-1-4-10-23)30(36)33-25-11-5-2-6-12-25/h7-8,13-20,23,25,29,32H,1-6,9-12,21,31H2,(H,33,36)(H,34,35). The predicted molar refractivity (Wildman–Crippen MR) is 147 cm³/mol. The Hall–Kier alpha value is -3.12. The van der Waals surface area contributed by atoms with Crippen LogP contribution in [0.15, 0.2) is 54.6 Å². The van der Waals surface area contributed by atoms with Gasteiger partial charge in [-0.3, -0.25) is 9.59 Å². The first kappa shape index (κ1) is 26.0. The van der Waals surface area contributed by atoms with Gasteiger partial charge in [0.05, 0.1) is 11.4 Å². The molecule has 1 unspecified atom stereocenters.